The van der Waals surface area contributed by atoms with Crippen LogP contribution in [-0.2, 0) is 27.9 Å². The Morgan fingerprint density at radius 3 is 1.21 bits per heavy atom. The number of amides is 1. The Morgan fingerprint density at radius 1 is 0.479 bits per heavy atom. The van der Waals surface area contributed by atoms with Gasteiger partial charge in [-0.15, -0.1) is 0 Å². The number of unbranched alkanes of at least 4 members (excludes halogenated alkanes) is 38. The Kier molecular flexibility index (Phi) is 50.8. The molecule has 0 rings (SSSR count). The minimum Gasteiger partial charge on any atom is -0.756 e. The molecule has 0 aliphatic rings. The molecular weight excluding hydrogens is 904 g/mol. The molecule has 420 valence electrons. The van der Waals surface area contributed by atoms with Crippen molar-refractivity contribution in [3.63, 3.8) is 0 Å². The minimum absolute atomic E-state index is 0.0217. The SMILES string of the molecule is CCCCCCCC/C=C\CCCCCC(=O)NC(COP(=O)([O-])OCC[N+](C)(C)C)C(/C=C\CCCCCCCCCCC)OC(=O)CCCCCCCCCCCCCCCCCCCCCCC. The molecule has 3 unspecified atom stereocenters. The van der Waals surface area contributed by atoms with Gasteiger partial charge in [-0.25, -0.2) is 0 Å². The molecule has 3 atom stereocenters. The first-order valence-corrected chi connectivity index (χ1v) is 32.1. The second-order valence-corrected chi connectivity index (χ2v) is 23.6. The third-order valence-electron chi connectivity index (χ3n) is 13.9. The molecule has 0 aromatic heterocycles. The molecule has 0 saturated heterocycles. The van der Waals surface area contributed by atoms with E-state index in [-0.39, 0.29) is 31.5 Å². The number of carbonyl (C=O) groups excluding carboxylic acids is 2. The third-order valence-corrected chi connectivity index (χ3v) is 14.8. The molecule has 10 heteroatoms. The van der Waals surface area contributed by atoms with E-state index in [1.165, 1.54) is 199 Å². The number of quaternary nitrogens is 1. The van der Waals surface area contributed by atoms with Crippen LogP contribution in [0.4, 0.5) is 0 Å². The summed E-state index contributed by atoms with van der Waals surface area (Å²) in [7, 11) is 1.19. The summed E-state index contributed by atoms with van der Waals surface area (Å²) in [4.78, 5) is 39.9. The minimum atomic E-state index is -4.69. The van der Waals surface area contributed by atoms with Gasteiger partial charge in [0.2, 0.25) is 5.91 Å². The van der Waals surface area contributed by atoms with Crippen molar-refractivity contribution in [3.8, 4) is 0 Å². The van der Waals surface area contributed by atoms with E-state index >= 15 is 0 Å². The molecule has 1 amide bonds. The van der Waals surface area contributed by atoms with Crippen LogP contribution in [0.2, 0.25) is 0 Å². The second-order valence-electron chi connectivity index (χ2n) is 22.2. The second kappa shape index (κ2) is 52.0. The summed E-state index contributed by atoms with van der Waals surface area (Å²) in [5.41, 5.74) is 0. The smallest absolute Gasteiger partial charge is 0.306 e. The molecule has 71 heavy (non-hydrogen) atoms. The summed E-state index contributed by atoms with van der Waals surface area (Å²) in [6.07, 6.45) is 60.1. The van der Waals surface area contributed by atoms with Crippen molar-refractivity contribution < 1.29 is 37.3 Å². The zero-order valence-corrected chi connectivity index (χ0v) is 48.8. The van der Waals surface area contributed by atoms with Gasteiger partial charge < -0.3 is 28.5 Å². The summed E-state index contributed by atoms with van der Waals surface area (Å²) >= 11 is 0. The summed E-state index contributed by atoms with van der Waals surface area (Å²) in [5, 5.41) is 3.02. The number of nitrogens with one attached hydrogen (secondary N) is 1. The van der Waals surface area contributed by atoms with Gasteiger partial charge in [0.1, 0.15) is 19.3 Å². The van der Waals surface area contributed by atoms with E-state index < -0.39 is 20.0 Å². The van der Waals surface area contributed by atoms with Crippen LogP contribution in [-0.4, -0.2) is 69.4 Å². The number of allylic oxidation sites excluding steroid dienone is 3. The van der Waals surface area contributed by atoms with Gasteiger partial charge in [-0.1, -0.05) is 257 Å². The van der Waals surface area contributed by atoms with Crippen molar-refractivity contribution in [1.29, 1.82) is 0 Å². The number of phosphoric ester groups is 1. The molecule has 9 nitrogen and oxygen atoms in total. The zero-order valence-electron chi connectivity index (χ0n) is 48.0. The van der Waals surface area contributed by atoms with Gasteiger partial charge in [0.25, 0.3) is 7.82 Å². The predicted molar refractivity (Wildman–Crippen MR) is 303 cm³/mol. The van der Waals surface area contributed by atoms with Crippen molar-refractivity contribution in [3.05, 3.63) is 24.3 Å². The fraction of sp³-hybridized carbons (Fsp3) is 0.902. The van der Waals surface area contributed by atoms with Crippen molar-refractivity contribution in [2.75, 3.05) is 40.9 Å². The fourth-order valence-corrected chi connectivity index (χ4v) is 9.83. The molecule has 0 fully saturated rings. The normalized spacial score (nSPS) is 13.8. The van der Waals surface area contributed by atoms with Crippen LogP contribution >= 0.6 is 7.82 Å². The Bertz CT molecular complexity index is 1270. The molecule has 0 aliphatic carbocycles. The van der Waals surface area contributed by atoms with E-state index in [9.17, 15) is 19.0 Å². The fourth-order valence-electron chi connectivity index (χ4n) is 9.11. The maximum Gasteiger partial charge on any atom is 0.306 e. The predicted octanol–water partition coefficient (Wildman–Crippen LogP) is 17.9. The number of hydrogen-bond donors (Lipinski definition) is 1. The van der Waals surface area contributed by atoms with E-state index in [0.29, 0.717) is 17.4 Å². The van der Waals surface area contributed by atoms with Crippen LogP contribution in [0.15, 0.2) is 24.3 Å². The lowest BCUT2D eigenvalue weighted by atomic mass is 10.0. The molecule has 0 aromatic rings. The van der Waals surface area contributed by atoms with Gasteiger partial charge >= 0.3 is 5.97 Å². The first kappa shape index (κ1) is 69.5. The Morgan fingerprint density at radius 2 is 0.817 bits per heavy atom. The standard InChI is InChI=1S/C61H119N2O7P/c1-7-10-13-16-19-22-25-27-28-29-30-31-32-33-34-36-39-42-45-48-51-54-61(65)70-59(52-49-46-43-40-37-24-21-18-15-12-9-3)58(57-69-71(66,67)68-56-55-63(4,5)6)62-60(64)53-50-47-44-41-38-35-26-23-20-17-14-11-8-2/h35,38,49,52,58-59H,7-34,36-37,39-48,50-51,53-57H2,1-6H3,(H-,62,64,66,67)/b38-35-,52-49-. The number of hydrogen-bond acceptors (Lipinski definition) is 7. The van der Waals surface area contributed by atoms with Crippen LogP contribution in [0.1, 0.15) is 303 Å². The maximum atomic E-state index is 13.5. The number of ether oxygens (including phenoxy) is 1. The first-order chi connectivity index (χ1) is 34.4. The summed E-state index contributed by atoms with van der Waals surface area (Å²) < 4.78 is 30.2. The highest BCUT2D eigenvalue weighted by Crippen LogP contribution is 2.38. The van der Waals surface area contributed by atoms with Gasteiger partial charge in [-0.3, -0.25) is 14.2 Å². The number of esters is 1. The van der Waals surface area contributed by atoms with Crippen molar-refractivity contribution in [2.24, 2.45) is 0 Å². The van der Waals surface area contributed by atoms with Crippen LogP contribution in [0.25, 0.3) is 0 Å². The Labute approximate surface area is 441 Å². The number of rotatable bonds is 56. The van der Waals surface area contributed by atoms with E-state index in [0.717, 1.165) is 70.6 Å². The van der Waals surface area contributed by atoms with Gasteiger partial charge in [-0.05, 0) is 57.4 Å². The zero-order chi connectivity index (χ0) is 52.2. The van der Waals surface area contributed by atoms with Crippen LogP contribution in [0.5, 0.6) is 0 Å². The summed E-state index contributed by atoms with van der Waals surface area (Å²) in [5.74, 6) is -0.546. The average Bonchev–Trinajstić information content (AvgIpc) is 3.33. The highest BCUT2D eigenvalue weighted by Gasteiger charge is 2.27. The van der Waals surface area contributed by atoms with Crippen molar-refractivity contribution in [1.82, 2.24) is 5.32 Å². The lowest BCUT2D eigenvalue weighted by Crippen LogP contribution is -2.47. The highest BCUT2D eigenvalue weighted by atomic mass is 31.2. The van der Waals surface area contributed by atoms with Gasteiger partial charge in [0.05, 0.1) is 33.8 Å². The summed E-state index contributed by atoms with van der Waals surface area (Å²) in [6.45, 7) is 6.85. The van der Waals surface area contributed by atoms with Gasteiger partial charge in [-0.2, -0.15) is 0 Å². The van der Waals surface area contributed by atoms with Crippen molar-refractivity contribution >= 4 is 19.7 Å². The highest BCUT2D eigenvalue weighted by molar-refractivity contribution is 7.45. The number of likely N-dealkylation sites (N-methyl/N-ethyl adjacent to an activating group) is 1. The molecule has 0 saturated carbocycles. The third kappa shape index (κ3) is 53.1. The van der Waals surface area contributed by atoms with Crippen LogP contribution in [0.3, 0.4) is 0 Å². The van der Waals surface area contributed by atoms with E-state index in [4.69, 9.17) is 13.8 Å². The number of nitrogens with zero attached hydrogens (tertiary/aromatic N) is 1. The molecule has 0 heterocycles. The lowest BCUT2D eigenvalue weighted by molar-refractivity contribution is -0.870. The van der Waals surface area contributed by atoms with E-state index in [1.54, 1.807) is 0 Å². The maximum absolute atomic E-state index is 13.5. The van der Waals surface area contributed by atoms with Crippen LogP contribution in [0, 0.1) is 0 Å². The molecule has 0 bridgehead atoms. The molecule has 0 spiro atoms. The Balaban J connectivity index is 5.15. The number of phosphoric acid groups is 1. The van der Waals surface area contributed by atoms with Gasteiger partial charge in [0, 0.05) is 12.8 Å². The van der Waals surface area contributed by atoms with Crippen molar-refractivity contribution in [2.45, 2.75) is 315 Å². The summed E-state index contributed by atoms with van der Waals surface area (Å²) in [6, 6.07) is -0.889. The largest absolute Gasteiger partial charge is 0.756 e. The molecule has 0 radical (unpaired) electrons. The molecular formula is C61H119N2O7P. The Hall–Kier alpha value is -1.51. The number of carbonyl (C=O) groups is 2. The average molecular weight is 1020 g/mol. The van der Waals surface area contributed by atoms with E-state index in [1.807, 2.05) is 33.3 Å². The van der Waals surface area contributed by atoms with Crippen LogP contribution < -0.4 is 10.2 Å². The molecule has 0 aliphatic heterocycles. The quantitative estimate of drug-likeness (QED) is 0.0212. The molecule has 0 aromatic carbocycles. The van der Waals surface area contributed by atoms with E-state index in [2.05, 4.69) is 38.2 Å². The van der Waals surface area contributed by atoms with Gasteiger partial charge in [0.15, 0.2) is 0 Å². The lowest BCUT2D eigenvalue weighted by Gasteiger charge is -2.30. The molecule has 1 N–H and O–H groups in total. The first-order valence-electron chi connectivity index (χ1n) is 30.6. The monoisotopic (exact) mass is 1020 g/mol. The topological polar surface area (TPSA) is 114 Å².